The second-order valence-corrected chi connectivity index (χ2v) is 14.1. The fourth-order valence-electron chi connectivity index (χ4n) is 6.32. The molecule has 0 amide bonds. The van der Waals surface area contributed by atoms with Gasteiger partial charge in [0.15, 0.2) is 8.07 Å². The number of fused-ring (bicyclic) bond motifs is 9. The lowest BCUT2D eigenvalue weighted by molar-refractivity contribution is 1.13. The monoisotopic (exact) mass is 511 g/mol. The number of rotatable bonds is 3. The third-order valence-electron chi connectivity index (χ3n) is 8.04. The van der Waals surface area contributed by atoms with Crippen LogP contribution in [-0.2, 0) is 0 Å². The second-order valence-electron chi connectivity index (χ2n) is 10.5. The molecular formula is C32H29N5Si. The minimum absolute atomic E-state index is 1.16. The van der Waals surface area contributed by atoms with E-state index in [0.29, 0.717) is 0 Å². The Bertz CT molecular complexity index is 1590. The predicted octanol–water partition coefficient (Wildman–Crippen LogP) is 3.75. The molecule has 6 heteroatoms. The first kappa shape index (κ1) is 22.7. The molecule has 7 rings (SSSR count). The Labute approximate surface area is 224 Å². The molecule has 0 saturated carbocycles. The molecule has 0 unspecified atom stereocenters. The molecule has 0 saturated heterocycles. The fraction of sp³-hybridized carbons (Fsp3) is 0.125. The quantitative estimate of drug-likeness (QED) is 0.338. The molecule has 0 radical (unpaired) electrons. The van der Waals surface area contributed by atoms with Gasteiger partial charge in [-0.2, -0.15) is 0 Å². The number of benzene rings is 3. The summed E-state index contributed by atoms with van der Waals surface area (Å²) in [4.78, 5) is 16.0. The molecule has 2 aliphatic heterocycles. The lowest BCUT2D eigenvalue weighted by Crippen LogP contribution is -2.75. The van der Waals surface area contributed by atoms with Gasteiger partial charge in [0.05, 0.1) is 0 Å². The van der Waals surface area contributed by atoms with E-state index in [0.717, 1.165) is 5.69 Å². The first-order chi connectivity index (χ1) is 18.5. The van der Waals surface area contributed by atoms with Gasteiger partial charge >= 0.3 is 0 Å². The Hall–Kier alpha value is -4.42. The maximum absolute atomic E-state index is 4.57. The van der Waals surface area contributed by atoms with Crippen molar-refractivity contribution in [1.29, 1.82) is 0 Å². The average Bonchev–Trinajstić information content (AvgIpc) is 3.24. The summed E-state index contributed by atoms with van der Waals surface area (Å²) in [7, 11) is 5.78. The van der Waals surface area contributed by atoms with Crippen LogP contribution >= 0.6 is 0 Å². The minimum atomic E-state index is -2.71. The second kappa shape index (κ2) is 8.30. The van der Waals surface area contributed by atoms with Crippen molar-refractivity contribution in [3.8, 4) is 11.1 Å². The molecule has 0 aliphatic carbocycles. The number of hydrogen-bond acceptors (Lipinski definition) is 5. The topological polar surface area (TPSA) is 35.5 Å². The maximum Gasteiger partial charge on any atom is 0.185 e. The van der Waals surface area contributed by atoms with Crippen LogP contribution in [0.5, 0.6) is 0 Å². The maximum atomic E-state index is 4.57. The molecule has 5 nitrogen and oxygen atoms in total. The molecule has 2 aliphatic rings. The molecule has 0 fully saturated rings. The summed E-state index contributed by atoms with van der Waals surface area (Å²) >= 11 is 0. The average molecular weight is 512 g/mol. The molecule has 0 atom stereocenters. The summed E-state index contributed by atoms with van der Waals surface area (Å²) in [6, 6.07) is 29.2. The van der Waals surface area contributed by atoms with Gasteiger partial charge in [0, 0.05) is 92.5 Å². The van der Waals surface area contributed by atoms with E-state index >= 15 is 0 Å². The van der Waals surface area contributed by atoms with Crippen molar-refractivity contribution in [2.45, 2.75) is 0 Å². The standard InChI is InChI=1S/C32H29N5Si/c1-35(2)23-10-12-27-31(18-23)38(29-14-16-33-20-25(29)26-21-34-17-15-30(26)38)32-19-24(36(3)4)11-13-28(32)37(27)22-8-6-5-7-9-22/h5-21H,1-4H3. The molecule has 5 aromatic rings. The summed E-state index contributed by atoms with van der Waals surface area (Å²) in [5, 5.41) is 5.57. The van der Waals surface area contributed by atoms with Crippen LogP contribution in [0.15, 0.2) is 104 Å². The van der Waals surface area contributed by atoms with Crippen LogP contribution in [0.3, 0.4) is 0 Å². The SMILES string of the molecule is CN(C)c1ccc2c(c1)[Si]1(c3ccncc3-c3cnccc31)c1cc(N(C)C)ccc1N2c1ccccc1. The summed E-state index contributed by atoms with van der Waals surface area (Å²) in [6.45, 7) is 0. The van der Waals surface area contributed by atoms with E-state index in [4.69, 9.17) is 0 Å². The molecule has 0 N–H and O–H groups in total. The number of hydrogen-bond donors (Lipinski definition) is 0. The van der Waals surface area contributed by atoms with Crippen LogP contribution in [0.1, 0.15) is 0 Å². The van der Waals surface area contributed by atoms with Gasteiger partial charge in [-0.1, -0.05) is 18.2 Å². The van der Waals surface area contributed by atoms with E-state index in [1.54, 1.807) is 0 Å². The van der Waals surface area contributed by atoms with Crippen LogP contribution in [-0.4, -0.2) is 46.2 Å². The van der Waals surface area contributed by atoms with Crippen LogP contribution in [0.25, 0.3) is 11.1 Å². The van der Waals surface area contributed by atoms with E-state index in [-0.39, 0.29) is 0 Å². The fourth-order valence-corrected chi connectivity index (χ4v) is 11.8. The first-order valence-corrected chi connectivity index (χ1v) is 14.9. The highest BCUT2D eigenvalue weighted by atomic mass is 28.3. The van der Waals surface area contributed by atoms with Crippen molar-refractivity contribution >= 4 is 57.3 Å². The van der Waals surface area contributed by atoms with Gasteiger partial charge in [-0.3, -0.25) is 9.97 Å². The van der Waals surface area contributed by atoms with Crippen molar-refractivity contribution in [2.24, 2.45) is 0 Å². The van der Waals surface area contributed by atoms with Crippen molar-refractivity contribution < 1.29 is 0 Å². The van der Waals surface area contributed by atoms with Crippen molar-refractivity contribution in [1.82, 2.24) is 9.97 Å². The molecule has 186 valence electrons. The van der Waals surface area contributed by atoms with Gasteiger partial charge in [0.2, 0.25) is 0 Å². The molecule has 4 heterocycles. The normalized spacial score (nSPS) is 13.9. The Morgan fingerprint density at radius 3 is 1.55 bits per heavy atom. The molecule has 3 aromatic carbocycles. The van der Waals surface area contributed by atoms with Crippen molar-refractivity contribution in [3.63, 3.8) is 0 Å². The van der Waals surface area contributed by atoms with Gasteiger partial charge in [0.1, 0.15) is 0 Å². The Kier molecular flexibility index (Phi) is 4.97. The number of anilines is 5. The van der Waals surface area contributed by atoms with E-state index in [2.05, 4.69) is 132 Å². The number of aromatic nitrogens is 2. The Balaban J connectivity index is 1.69. The largest absolute Gasteiger partial charge is 0.378 e. The van der Waals surface area contributed by atoms with Gasteiger partial charge in [-0.05, 0) is 81.4 Å². The molecule has 38 heavy (non-hydrogen) atoms. The number of para-hydroxylation sites is 1. The Morgan fingerprint density at radius 1 is 0.579 bits per heavy atom. The molecule has 1 spiro atoms. The molecule has 2 aromatic heterocycles. The van der Waals surface area contributed by atoms with Gasteiger partial charge in [-0.25, -0.2) is 0 Å². The summed E-state index contributed by atoms with van der Waals surface area (Å²) in [5.41, 5.74) is 8.47. The molecule has 0 bridgehead atoms. The Morgan fingerprint density at radius 2 is 1.08 bits per heavy atom. The highest BCUT2D eigenvalue weighted by molar-refractivity contribution is 7.23. The van der Waals surface area contributed by atoms with Crippen LogP contribution in [0.4, 0.5) is 28.4 Å². The smallest absolute Gasteiger partial charge is 0.185 e. The van der Waals surface area contributed by atoms with E-state index in [1.807, 2.05) is 24.8 Å². The minimum Gasteiger partial charge on any atom is -0.378 e. The van der Waals surface area contributed by atoms with Crippen LogP contribution < -0.4 is 35.4 Å². The zero-order chi connectivity index (χ0) is 26.0. The zero-order valence-electron chi connectivity index (χ0n) is 22.1. The van der Waals surface area contributed by atoms with E-state index in [9.17, 15) is 0 Å². The summed E-state index contributed by atoms with van der Waals surface area (Å²) < 4.78 is 0. The first-order valence-electron chi connectivity index (χ1n) is 12.9. The predicted molar refractivity (Wildman–Crippen MR) is 162 cm³/mol. The third-order valence-corrected chi connectivity index (χ3v) is 12.9. The van der Waals surface area contributed by atoms with Crippen molar-refractivity contribution in [2.75, 3.05) is 42.9 Å². The third kappa shape index (κ3) is 2.98. The van der Waals surface area contributed by atoms with Gasteiger partial charge in [-0.15, -0.1) is 0 Å². The lowest BCUT2D eigenvalue weighted by atomic mass is 10.1. The van der Waals surface area contributed by atoms with E-state index < -0.39 is 8.07 Å². The molecular weight excluding hydrogens is 482 g/mol. The van der Waals surface area contributed by atoms with Gasteiger partial charge < -0.3 is 14.7 Å². The van der Waals surface area contributed by atoms with Crippen molar-refractivity contribution in [3.05, 3.63) is 104 Å². The van der Waals surface area contributed by atoms with Crippen LogP contribution in [0.2, 0.25) is 0 Å². The number of pyridine rings is 2. The van der Waals surface area contributed by atoms with Crippen LogP contribution in [0, 0.1) is 0 Å². The van der Waals surface area contributed by atoms with Gasteiger partial charge in [0.25, 0.3) is 0 Å². The highest BCUT2D eigenvalue weighted by Crippen LogP contribution is 2.42. The highest BCUT2D eigenvalue weighted by Gasteiger charge is 2.54. The van der Waals surface area contributed by atoms with E-state index in [1.165, 1.54) is 54.6 Å². The summed E-state index contributed by atoms with van der Waals surface area (Å²) in [5.74, 6) is 0. The lowest BCUT2D eigenvalue weighted by Gasteiger charge is -2.44. The zero-order valence-corrected chi connectivity index (χ0v) is 23.1. The summed E-state index contributed by atoms with van der Waals surface area (Å²) in [6.07, 6.45) is 7.99. The number of nitrogens with zero attached hydrogens (tertiary/aromatic N) is 5.